The van der Waals surface area contributed by atoms with E-state index < -0.39 is 0 Å². The summed E-state index contributed by atoms with van der Waals surface area (Å²) in [5.41, 5.74) is 3.66. The molecular formula is C15H20N2OS. The molecule has 1 saturated heterocycles. The first-order valence-electron chi connectivity index (χ1n) is 7.00. The number of rotatable bonds is 3. The summed E-state index contributed by atoms with van der Waals surface area (Å²) in [4.78, 5) is 3.31. The minimum Gasteiger partial charge on any atom is -0.378 e. The van der Waals surface area contributed by atoms with Gasteiger partial charge in [-0.2, -0.15) is 0 Å². The second-order valence-corrected chi connectivity index (χ2v) is 5.76. The number of benzene rings is 1. The van der Waals surface area contributed by atoms with Crippen LogP contribution in [0.2, 0.25) is 0 Å². The molecule has 2 heterocycles. The van der Waals surface area contributed by atoms with Crippen LogP contribution in [0.3, 0.4) is 0 Å². The van der Waals surface area contributed by atoms with Crippen molar-refractivity contribution in [3.05, 3.63) is 28.5 Å². The van der Waals surface area contributed by atoms with Crippen LogP contribution >= 0.6 is 12.2 Å². The maximum absolute atomic E-state index is 5.79. The number of hydrogen-bond donors (Lipinski definition) is 1. The molecule has 2 aromatic rings. The standard InChI is InChI=1S/C15H20N2OS/c1-3-13-11(7-8-18-13)9-17-14-10(2)5-4-6-12(14)16-15(17)19/h4-6,11,13H,3,7-9H2,1-2H3,(H,16,19). The number of para-hydroxylation sites is 1. The number of aryl methyl sites for hydroxylation is 1. The predicted molar refractivity (Wildman–Crippen MR) is 80.0 cm³/mol. The van der Waals surface area contributed by atoms with Gasteiger partial charge in [-0.15, -0.1) is 0 Å². The summed E-state index contributed by atoms with van der Waals surface area (Å²) in [6.07, 6.45) is 2.61. The van der Waals surface area contributed by atoms with E-state index in [2.05, 4.69) is 41.6 Å². The van der Waals surface area contributed by atoms with Gasteiger partial charge < -0.3 is 14.3 Å². The van der Waals surface area contributed by atoms with Crippen LogP contribution in [0, 0.1) is 17.6 Å². The number of nitrogens with one attached hydrogen (secondary N) is 1. The van der Waals surface area contributed by atoms with E-state index in [0.29, 0.717) is 12.0 Å². The zero-order valence-corrected chi connectivity index (χ0v) is 12.3. The van der Waals surface area contributed by atoms with Gasteiger partial charge in [0.2, 0.25) is 0 Å². The van der Waals surface area contributed by atoms with Crippen molar-refractivity contribution in [1.29, 1.82) is 0 Å². The van der Waals surface area contributed by atoms with Gasteiger partial charge in [0.15, 0.2) is 4.77 Å². The number of aromatic amines is 1. The van der Waals surface area contributed by atoms with E-state index in [1.165, 1.54) is 11.1 Å². The van der Waals surface area contributed by atoms with E-state index in [1.807, 2.05) is 0 Å². The molecule has 4 heteroatoms. The van der Waals surface area contributed by atoms with Crippen LogP contribution in [0.4, 0.5) is 0 Å². The Morgan fingerprint density at radius 1 is 1.47 bits per heavy atom. The van der Waals surface area contributed by atoms with Crippen LogP contribution in [0.25, 0.3) is 11.0 Å². The Morgan fingerprint density at radius 2 is 2.32 bits per heavy atom. The Bertz CT molecular complexity index is 643. The third-order valence-corrected chi connectivity index (χ3v) is 4.48. The van der Waals surface area contributed by atoms with Crippen LogP contribution in [-0.2, 0) is 11.3 Å². The minimum atomic E-state index is 0.385. The molecule has 0 radical (unpaired) electrons. The van der Waals surface area contributed by atoms with E-state index in [0.717, 1.165) is 36.3 Å². The maximum atomic E-state index is 5.79. The number of nitrogens with zero attached hydrogens (tertiary/aromatic N) is 1. The number of aromatic nitrogens is 2. The summed E-state index contributed by atoms with van der Waals surface area (Å²) in [7, 11) is 0. The van der Waals surface area contributed by atoms with Crippen molar-refractivity contribution in [2.24, 2.45) is 5.92 Å². The van der Waals surface area contributed by atoms with Gasteiger partial charge >= 0.3 is 0 Å². The molecule has 1 aromatic heterocycles. The number of fused-ring (bicyclic) bond motifs is 1. The lowest BCUT2D eigenvalue weighted by Gasteiger charge is -2.18. The average Bonchev–Trinajstić information content (AvgIpc) is 2.96. The Hall–Kier alpha value is -1.13. The minimum absolute atomic E-state index is 0.385. The third-order valence-electron chi connectivity index (χ3n) is 4.16. The number of imidazole rings is 1. The largest absolute Gasteiger partial charge is 0.378 e. The first kappa shape index (κ1) is 12.9. The summed E-state index contributed by atoms with van der Waals surface area (Å²) in [6.45, 7) is 6.19. The molecule has 0 saturated carbocycles. The Morgan fingerprint density at radius 3 is 3.11 bits per heavy atom. The van der Waals surface area contributed by atoms with E-state index >= 15 is 0 Å². The number of hydrogen-bond acceptors (Lipinski definition) is 2. The highest BCUT2D eigenvalue weighted by atomic mass is 32.1. The molecule has 2 unspecified atom stereocenters. The van der Waals surface area contributed by atoms with E-state index in [-0.39, 0.29) is 0 Å². The molecule has 1 aliphatic heterocycles. The Labute approximate surface area is 118 Å². The second kappa shape index (κ2) is 5.10. The lowest BCUT2D eigenvalue weighted by Crippen LogP contribution is -2.20. The average molecular weight is 276 g/mol. The van der Waals surface area contributed by atoms with Crippen LogP contribution in [-0.4, -0.2) is 22.3 Å². The van der Waals surface area contributed by atoms with Crippen molar-refractivity contribution in [2.45, 2.75) is 39.3 Å². The van der Waals surface area contributed by atoms with Crippen LogP contribution in [0.1, 0.15) is 25.3 Å². The zero-order chi connectivity index (χ0) is 13.4. The number of ether oxygens (including phenoxy) is 1. The van der Waals surface area contributed by atoms with E-state index in [9.17, 15) is 0 Å². The molecule has 1 fully saturated rings. The van der Waals surface area contributed by atoms with Crippen LogP contribution < -0.4 is 0 Å². The predicted octanol–water partition coefficient (Wildman–Crippen LogP) is 3.82. The fourth-order valence-corrected chi connectivity index (χ4v) is 3.44. The molecule has 0 aliphatic carbocycles. The molecule has 1 aromatic carbocycles. The molecule has 3 nitrogen and oxygen atoms in total. The molecule has 0 spiro atoms. The van der Waals surface area contributed by atoms with Gasteiger partial charge in [-0.1, -0.05) is 19.1 Å². The fourth-order valence-electron chi connectivity index (χ4n) is 3.16. The molecule has 19 heavy (non-hydrogen) atoms. The SMILES string of the molecule is CCC1OCCC1Cn1c(=S)[nH]c2cccc(C)c21. The van der Waals surface area contributed by atoms with Gasteiger partial charge in [0, 0.05) is 19.1 Å². The summed E-state index contributed by atoms with van der Waals surface area (Å²) >= 11 is 5.49. The first-order valence-corrected chi connectivity index (χ1v) is 7.41. The van der Waals surface area contributed by atoms with Gasteiger partial charge in [-0.3, -0.25) is 0 Å². The summed E-state index contributed by atoms with van der Waals surface area (Å²) in [6, 6.07) is 6.31. The van der Waals surface area contributed by atoms with Crippen molar-refractivity contribution in [3.8, 4) is 0 Å². The summed E-state index contributed by atoms with van der Waals surface area (Å²) in [5.74, 6) is 0.579. The lowest BCUT2D eigenvalue weighted by molar-refractivity contribution is 0.0836. The van der Waals surface area contributed by atoms with Crippen molar-refractivity contribution in [1.82, 2.24) is 9.55 Å². The monoisotopic (exact) mass is 276 g/mol. The zero-order valence-electron chi connectivity index (χ0n) is 11.5. The van der Waals surface area contributed by atoms with E-state index in [4.69, 9.17) is 17.0 Å². The second-order valence-electron chi connectivity index (χ2n) is 5.38. The van der Waals surface area contributed by atoms with Gasteiger partial charge in [0.1, 0.15) is 0 Å². The van der Waals surface area contributed by atoms with Crippen LogP contribution in [0.15, 0.2) is 18.2 Å². The molecule has 102 valence electrons. The molecule has 0 amide bonds. The summed E-state index contributed by atoms with van der Waals surface area (Å²) in [5, 5.41) is 0. The maximum Gasteiger partial charge on any atom is 0.178 e. The molecule has 2 atom stereocenters. The molecular weight excluding hydrogens is 256 g/mol. The van der Waals surface area contributed by atoms with E-state index in [1.54, 1.807) is 0 Å². The Balaban J connectivity index is 2.01. The first-order chi connectivity index (χ1) is 9.20. The smallest absolute Gasteiger partial charge is 0.178 e. The third kappa shape index (κ3) is 2.23. The molecule has 3 rings (SSSR count). The highest BCUT2D eigenvalue weighted by Crippen LogP contribution is 2.27. The summed E-state index contributed by atoms with van der Waals surface area (Å²) < 4.78 is 8.87. The number of H-pyrrole nitrogens is 1. The van der Waals surface area contributed by atoms with Crippen molar-refractivity contribution in [3.63, 3.8) is 0 Å². The Kier molecular flexibility index (Phi) is 3.46. The topological polar surface area (TPSA) is 29.9 Å². The van der Waals surface area contributed by atoms with Crippen molar-refractivity contribution < 1.29 is 4.74 Å². The fraction of sp³-hybridized carbons (Fsp3) is 0.533. The molecule has 0 bridgehead atoms. The van der Waals surface area contributed by atoms with Crippen molar-refractivity contribution >= 4 is 23.3 Å². The molecule has 1 N–H and O–H groups in total. The van der Waals surface area contributed by atoms with Gasteiger partial charge in [0.05, 0.1) is 17.1 Å². The quantitative estimate of drug-likeness (QED) is 0.864. The normalized spacial score (nSPS) is 23.3. The highest BCUT2D eigenvalue weighted by Gasteiger charge is 2.27. The van der Waals surface area contributed by atoms with Gasteiger partial charge in [0.25, 0.3) is 0 Å². The van der Waals surface area contributed by atoms with Gasteiger partial charge in [-0.25, -0.2) is 0 Å². The van der Waals surface area contributed by atoms with Gasteiger partial charge in [-0.05, 0) is 43.6 Å². The lowest BCUT2D eigenvalue weighted by atomic mass is 9.99. The highest BCUT2D eigenvalue weighted by molar-refractivity contribution is 7.71. The molecule has 1 aliphatic rings. The van der Waals surface area contributed by atoms with Crippen LogP contribution in [0.5, 0.6) is 0 Å². The van der Waals surface area contributed by atoms with Crippen molar-refractivity contribution in [2.75, 3.05) is 6.61 Å².